The van der Waals surface area contributed by atoms with E-state index in [1.165, 1.54) is 47.3 Å². The van der Waals surface area contributed by atoms with Crippen LogP contribution in [0.3, 0.4) is 0 Å². The number of Topliss-reactive ketones (excluding diaryl/α,β-unsaturated/α-hetero) is 1. The van der Waals surface area contributed by atoms with Gasteiger partial charge < -0.3 is 18.9 Å². The summed E-state index contributed by atoms with van der Waals surface area (Å²) in [7, 11) is 3.86. The minimum atomic E-state index is -1.50. The molecule has 0 saturated carbocycles. The number of rotatable bonds is 11. The molecule has 0 aromatic carbocycles. The Balaban J connectivity index is 3.30. The Hall–Kier alpha value is -3.00. The Labute approximate surface area is 182 Å². The lowest BCUT2D eigenvalue weighted by Crippen LogP contribution is -2.39. The molecule has 2 unspecified atom stereocenters. The van der Waals surface area contributed by atoms with Crippen LogP contribution in [0.2, 0.25) is 0 Å². The number of methoxy groups -OCH3 is 3. The predicted molar refractivity (Wildman–Crippen MR) is 113 cm³/mol. The van der Waals surface area contributed by atoms with E-state index in [4.69, 9.17) is 18.9 Å². The van der Waals surface area contributed by atoms with Gasteiger partial charge in [-0.05, 0) is 39.2 Å². The highest BCUT2D eigenvalue weighted by atomic mass is 16.7. The van der Waals surface area contributed by atoms with E-state index >= 15 is 0 Å². The third-order valence-corrected chi connectivity index (χ3v) is 4.81. The van der Waals surface area contributed by atoms with E-state index in [1.54, 1.807) is 13.0 Å². The highest BCUT2D eigenvalue weighted by Crippen LogP contribution is 2.41. The first-order chi connectivity index (χ1) is 14.5. The van der Waals surface area contributed by atoms with Crippen molar-refractivity contribution in [3.8, 4) is 0 Å². The molecule has 0 fully saturated rings. The number of carbonyl (C=O) groups is 4. The SMILES string of the molecule is C=C(C)C(C/C=C(/CC(C)=O)C(=O)OC)CC1(OC)O/C(=C\C(C)=O)C=C1C(=O)OC. The van der Waals surface area contributed by atoms with Crippen LogP contribution in [0, 0.1) is 5.92 Å². The molecular formula is C23H30O8. The zero-order valence-corrected chi connectivity index (χ0v) is 18.9. The van der Waals surface area contributed by atoms with Crippen molar-refractivity contribution >= 4 is 23.5 Å². The van der Waals surface area contributed by atoms with Gasteiger partial charge in [-0.1, -0.05) is 18.2 Å². The van der Waals surface area contributed by atoms with Crippen molar-refractivity contribution < 1.29 is 38.1 Å². The van der Waals surface area contributed by atoms with Gasteiger partial charge in [0.05, 0.1) is 14.2 Å². The summed E-state index contributed by atoms with van der Waals surface area (Å²) in [6, 6.07) is 0. The first-order valence-corrected chi connectivity index (χ1v) is 9.68. The third-order valence-electron chi connectivity index (χ3n) is 4.81. The molecule has 0 radical (unpaired) electrons. The normalized spacial score (nSPS) is 20.5. The van der Waals surface area contributed by atoms with E-state index in [1.807, 2.05) is 0 Å². The standard InChI is InChI=1S/C23H30O8/c1-14(2)18(9-8-17(10-15(3)24)21(26)28-5)13-23(30-7)20(22(27)29-6)12-19(31-23)11-16(4)25/h8,11-12,18H,1,9-10,13H2,2-7H3/b17-8-,19-11-. The van der Waals surface area contributed by atoms with Crippen molar-refractivity contribution in [3.05, 3.63) is 47.3 Å². The fourth-order valence-electron chi connectivity index (χ4n) is 3.20. The van der Waals surface area contributed by atoms with Gasteiger partial charge in [0, 0.05) is 31.6 Å². The van der Waals surface area contributed by atoms with Gasteiger partial charge in [0.25, 0.3) is 0 Å². The highest BCUT2D eigenvalue weighted by molar-refractivity contribution is 5.95. The molecule has 0 aliphatic carbocycles. The van der Waals surface area contributed by atoms with Crippen molar-refractivity contribution in [2.45, 2.75) is 45.8 Å². The summed E-state index contributed by atoms with van der Waals surface area (Å²) in [5.41, 5.74) is 1.09. The third kappa shape index (κ3) is 7.03. The zero-order chi connectivity index (χ0) is 23.8. The van der Waals surface area contributed by atoms with Crippen LogP contribution in [0.15, 0.2) is 47.3 Å². The van der Waals surface area contributed by atoms with Crippen molar-refractivity contribution in [2.75, 3.05) is 21.3 Å². The van der Waals surface area contributed by atoms with Crippen LogP contribution < -0.4 is 0 Å². The van der Waals surface area contributed by atoms with Crippen LogP contribution >= 0.6 is 0 Å². The van der Waals surface area contributed by atoms with Gasteiger partial charge in [0.15, 0.2) is 5.78 Å². The Morgan fingerprint density at radius 2 is 1.77 bits per heavy atom. The van der Waals surface area contributed by atoms with Crippen LogP contribution in [-0.4, -0.2) is 50.6 Å². The molecule has 0 spiro atoms. The maximum Gasteiger partial charge on any atom is 0.340 e. The number of ketones is 2. The maximum atomic E-state index is 12.4. The van der Waals surface area contributed by atoms with Gasteiger partial charge in [-0.3, -0.25) is 9.59 Å². The van der Waals surface area contributed by atoms with Crippen molar-refractivity contribution in [2.24, 2.45) is 5.92 Å². The summed E-state index contributed by atoms with van der Waals surface area (Å²) in [5, 5.41) is 0. The van der Waals surface area contributed by atoms with E-state index in [9.17, 15) is 19.2 Å². The minimum Gasteiger partial charge on any atom is -0.466 e. The molecule has 0 N–H and O–H groups in total. The van der Waals surface area contributed by atoms with E-state index in [2.05, 4.69) is 6.58 Å². The molecule has 8 heteroatoms. The number of hydrogen-bond acceptors (Lipinski definition) is 8. The molecule has 31 heavy (non-hydrogen) atoms. The number of ether oxygens (including phenoxy) is 4. The molecular weight excluding hydrogens is 404 g/mol. The molecule has 1 rings (SSSR count). The number of carbonyl (C=O) groups excluding carboxylic acids is 4. The monoisotopic (exact) mass is 434 g/mol. The molecule has 0 saturated heterocycles. The predicted octanol–water partition coefficient (Wildman–Crippen LogP) is 2.98. The minimum absolute atomic E-state index is 0.0552. The second-order valence-corrected chi connectivity index (χ2v) is 7.35. The van der Waals surface area contributed by atoms with Gasteiger partial charge in [-0.15, -0.1) is 0 Å². The van der Waals surface area contributed by atoms with Gasteiger partial charge >= 0.3 is 11.9 Å². The number of esters is 2. The molecule has 1 aliphatic heterocycles. The summed E-state index contributed by atoms with van der Waals surface area (Å²) in [4.78, 5) is 47.4. The topological polar surface area (TPSA) is 105 Å². The fourth-order valence-corrected chi connectivity index (χ4v) is 3.20. The average Bonchev–Trinajstić information content (AvgIpc) is 3.05. The summed E-state index contributed by atoms with van der Waals surface area (Å²) in [6.45, 7) is 8.54. The summed E-state index contributed by atoms with van der Waals surface area (Å²) < 4.78 is 21.1. The molecule has 170 valence electrons. The molecule has 0 aromatic heterocycles. The lowest BCUT2D eigenvalue weighted by Gasteiger charge is -2.33. The first-order valence-electron chi connectivity index (χ1n) is 9.68. The molecule has 1 aliphatic rings. The maximum absolute atomic E-state index is 12.4. The molecule has 1 heterocycles. The van der Waals surface area contributed by atoms with Gasteiger partial charge in [-0.25, -0.2) is 9.59 Å². The van der Waals surface area contributed by atoms with E-state index < -0.39 is 17.7 Å². The summed E-state index contributed by atoms with van der Waals surface area (Å²) >= 11 is 0. The Bertz CT molecular complexity index is 846. The Morgan fingerprint density at radius 1 is 1.13 bits per heavy atom. The Morgan fingerprint density at radius 3 is 2.23 bits per heavy atom. The smallest absolute Gasteiger partial charge is 0.340 e. The van der Waals surface area contributed by atoms with E-state index in [0.29, 0.717) is 6.42 Å². The quantitative estimate of drug-likeness (QED) is 0.278. The largest absolute Gasteiger partial charge is 0.466 e. The Kier molecular flexibility index (Phi) is 9.58. The summed E-state index contributed by atoms with van der Waals surface area (Å²) in [6.07, 6.45) is 4.71. The van der Waals surface area contributed by atoms with Crippen LogP contribution in [0.4, 0.5) is 0 Å². The van der Waals surface area contributed by atoms with E-state index in [0.717, 1.165) is 5.57 Å². The van der Waals surface area contributed by atoms with Crippen molar-refractivity contribution in [3.63, 3.8) is 0 Å². The first kappa shape index (κ1) is 26.0. The van der Waals surface area contributed by atoms with Crippen LogP contribution in [0.25, 0.3) is 0 Å². The lowest BCUT2D eigenvalue weighted by molar-refractivity contribution is -0.177. The van der Waals surface area contributed by atoms with Crippen LogP contribution in [-0.2, 0) is 38.1 Å². The van der Waals surface area contributed by atoms with E-state index in [-0.39, 0.29) is 47.2 Å². The second kappa shape index (κ2) is 11.4. The van der Waals surface area contributed by atoms with Gasteiger partial charge in [-0.2, -0.15) is 0 Å². The van der Waals surface area contributed by atoms with Gasteiger partial charge in [0.2, 0.25) is 5.79 Å². The van der Waals surface area contributed by atoms with Crippen LogP contribution in [0.5, 0.6) is 0 Å². The molecule has 0 amide bonds. The fraction of sp³-hybridized carbons (Fsp3) is 0.478. The zero-order valence-electron chi connectivity index (χ0n) is 18.9. The van der Waals surface area contributed by atoms with Gasteiger partial charge in [0.1, 0.15) is 17.1 Å². The molecule has 0 bridgehead atoms. The number of allylic oxidation sites excluding steroid dienone is 4. The highest BCUT2D eigenvalue weighted by Gasteiger charge is 2.47. The number of hydrogen-bond donors (Lipinski definition) is 0. The average molecular weight is 434 g/mol. The van der Waals surface area contributed by atoms with Crippen molar-refractivity contribution in [1.82, 2.24) is 0 Å². The second-order valence-electron chi connectivity index (χ2n) is 7.35. The summed E-state index contributed by atoms with van der Waals surface area (Å²) in [5.74, 6) is -3.29. The molecule has 0 aromatic rings. The molecule has 8 nitrogen and oxygen atoms in total. The van der Waals surface area contributed by atoms with Crippen molar-refractivity contribution in [1.29, 1.82) is 0 Å². The van der Waals surface area contributed by atoms with Crippen LogP contribution in [0.1, 0.15) is 40.0 Å². The molecule has 2 atom stereocenters. The lowest BCUT2D eigenvalue weighted by atomic mass is 9.86.